The van der Waals surface area contributed by atoms with Gasteiger partial charge in [-0.3, -0.25) is 4.99 Å². The molecule has 0 atom stereocenters. The fraction of sp³-hybridized carbons (Fsp3) is 0.312. The molecule has 0 aromatic heterocycles. The van der Waals surface area contributed by atoms with Crippen LogP contribution >= 0.6 is 11.2 Å². The fourth-order valence-electron chi connectivity index (χ4n) is 1.96. The molecule has 0 bridgehead atoms. The van der Waals surface area contributed by atoms with Gasteiger partial charge in [0.1, 0.15) is 7.22 Å². The number of fused-ring (bicyclic) bond motifs is 1. The van der Waals surface area contributed by atoms with Crippen LogP contribution < -0.4 is 0 Å². The maximum atomic E-state index is 4.71. The lowest BCUT2D eigenvalue weighted by molar-refractivity contribution is 1.30. The van der Waals surface area contributed by atoms with Crippen molar-refractivity contribution in [3.8, 4) is 0 Å². The van der Waals surface area contributed by atoms with Crippen LogP contribution in [0, 0.1) is 0 Å². The van der Waals surface area contributed by atoms with E-state index in [1.165, 1.54) is 15.7 Å². The zero-order valence-corrected chi connectivity index (χ0v) is 13.9. The number of nitrogens with zero attached hydrogens (tertiary/aromatic N) is 1. The summed E-state index contributed by atoms with van der Waals surface area (Å²) in [6.45, 7) is 9.25. The largest absolute Gasteiger partial charge is 0.259 e. The van der Waals surface area contributed by atoms with Crippen LogP contribution in [0.2, 0.25) is 19.6 Å². The molecule has 2 rings (SSSR count). The van der Waals surface area contributed by atoms with E-state index >= 15 is 0 Å². The molecule has 2 aromatic carbocycles. The van der Waals surface area contributed by atoms with Gasteiger partial charge in [0, 0.05) is 16.5 Å². The maximum absolute atomic E-state index is 4.71. The molecule has 0 aliphatic carbocycles. The minimum absolute atomic E-state index is 0.972. The Labute approximate surface area is 120 Å². The number of aliphatic imine (C=N–C) groups is 1. The minimum Gasteiger partial charge on any atom is -0.259 e. The lowest BCUT2D eigenvalue weighted by Crippen LogP contribution is -2.13. The van der Waals surface area contributed by atoms with Gasteiger partial charge < -0.3 is 0 Å². The van der Waals surface area contributed by atoms with Crippen LogP contribution in [-0.4, -0.2) is 13.4 Å². The Hall–Kier alpha value is -1.06. The Morgan fingerprint density at radius 1 is 1.11 bits per heavy atom. The summed E-state index contributed by atoms with van der Waals surface area (Å²) in [5, 5.41) is 2.53. The van der Waals surface area contributed by atoms with Crippen LogP contribution in [0.5, 0.6) is 0 Å². The molecule has 0 heterocycles. The van der Waals surface area contributed by atoms with E-state index in [2.05, 4.69) is 63.0 Å². The van der Waals surface area contributed by atoms with Gasteiger partial charge in [-0.25, -0.2) is 0 Å². The molecule has 0 fully saturated rings. The van der Waals surface area contributed by atoms with E-state index in [1.807, 2.05) is 17.4 Å². The van der Waals surface area contributed by atoms with Crippen molar-refractivity contribution in [2.75, 3.05) is 0 Å². The van der Waals surface area contributed by atoms with Crippen molar-refractivity contribution >= 4 is 41.1 Å². The normalized spacial score (nSPS) is 12.4. The summed E-state index contributed by atoms with van der Waals surface area (Å²) in [6, 6.07) is 12.9. The molecule has 0 aliphatic heterocycles. The molecule has 0 saturated heterocycles. The van der Waals surface area contributed by atoms with Gasteiger partial charge in [0.15, 0.2) is 0 Å². The molecule has 0 saturated carbocycles. The van der Waals surface area contributed by atoms with Gasteiger partial charge in [-0.1, -0.05) is 56.9 Å². The highest BCUT2D eigenvalue weighted by molar-refractivity contribution is 8.28. The van der Waals surface area contributed by atoms with Crippen LogP contribution in [0.3, 0.4) is 0 Å². The van der Waals surface area contributed by atoms with E-state index in [9.17, 15) is 0 Å². The molecule has 0 unspecified atom stereocenters. The molecular formula is C16H21NSSi. The Bertz CT molecular complexity index is 599. The van der Waals surface area contributed by atoms with Crippen molar-refractivity contribution in [2.24, 2.45) is 4.99 Å². The molecule has 3 heteroatoms. The third-order valence-electron chi connectivity index (χ3n) is 2.68. The zero-order chi connectivity index (χ0) is 13.9. The average Bonchev–Trinajstić information content (AvgIpc) is 2.35. The van der Waals surface area contributed by atoms with Gasteiger partial charge in [-0.05, 0) is 17.9 Å². The lowest BCUT2D eigenvalue weighted by Gasteiger charge is -2.17. The van der Waals surface area contributed by atoms with E-state index in [-0.39, 0.29) is 0 Å². The van der Waals surface area contributed by atoms with E-state index in [4.69, 9.17) is 4.99 Å². The molecule has 2 aromatic rings. The van der Waals surface area contributed by atoms with Crippen LogP contribution in [0.15, 0.2) is 46.3 Å². The summed E-state index contributed by atoms with van der Waals surface area (Å²) in [5.74, 6) is 0. The van der Waals surface area contributed by atoms with Crippen LogP contribution in [0.4, 0.5) is 5.69 Å². The molecule has 100 valence electrons. The van der Waals surface area contributed by atoms with Crippen molar-refractivity contribution in [3.05, 3.63) is 36.4 Å². The molecule has 19 heavy (non-hydrogen) atoms. The Balaban J connectivity index is 2.59. The van der Waals surface area contributed by atoms with Gasteiger partial charge in [0.05, 0.1) is 5.69 Å². The lowest BCUT2D eigenvalue weighted by atomic mass is 10.1. The predicted molar refractivity (Wildman–Crippen MR) is 91.6 cm³/mol. The molecule has 1 nitrogen and oxygen atoms in total. The van der Waals surface area contributed by atoms with Crippen LogP contribution in [0.25, 0.3) is 10.8 Å². The van der Waals surface area contributed by atoms with Gasteiger partial charge >= 0.3 is 0 Å². The van der Waals surface area contributed by atoms with Crippen molar-refractivity contribution in [1.29, 1.82) is 0 Å². The van der Waals surface area contributed by atoms with Gasteiger partial charge in [0.2, 0.25) is 0 Å². The Morgan fingerprint density at radius 3 is 2.53 bits per heavy atom. The van der Waals surface area contributed by atoms with Gasteiger partial charge in [-0.15, -0.1) is 11.2 Å². The smallest absolute Gasteiger partial charge is 0.114 e. The summed E-state index contributed by atoms with van der Waals surface area (Å²) in [5.41, 5.74) is 1.15. The summed E-state index contributed by atoms with van der Waals surface area (Å²) < 4.78 is 0. The molecule has 0 amide bonds. The second-order valence-corrected chi connectivity index (χ2v) is 14.7. The van der Waals surface area contributed by atoms with Crippen molar-refractivity contribution in [3.63, 3.8) is 0 Å². The maximum Gasteiger partial charge on any atom is 0.114 e. The second-order valence-electron chi connectivity index (χ2n) is 5.57. The highest BCUT2D eigenvalue weighted by Gasteiger charge is 2.18. The van der Waals surface area contributed by atoms with Gasteiger partial charge in [0.25, 0.3) is 0 Å². The van der Waals surface area contributed by atoms with E-state index in [0.717, 1.165) is 12.1 Å². The summed E-state index contributed by atoms with van der Waals surface area (Å²) in [4.78, 5) is 6.04. The van der Waals surface area contributed by atoms with Crippen LogP contribution in [0.1, 0.15) is 13.3 Å². The van der Waals surface area contributed by atoms with E-state index < -0.39 is 7.22 Å². The number of hydrogen-bond donors (Lipinski definition) is 0. The highest BCUT2D eigenvalue weighted by Crippen LogP contribution is 2.40. The van der Waals surface area contributed by atoms with Crippen molar-refractivity contribution in [1.82, 2.24) is 0 Å². The average molecular weight is 288 g/mol. The van der Waals surface area contributed by atoms with Crippen LogP contribution in [-0.2, 0) is 0 Å². The minimum atomic E-state index is -1.21. The molecule has 0 N–H and O–H groups in total. The molecule has 0 radical (unpaired) electrons. The second kappa shape index (κ2) is 5.93. The third kappa shape index (κ3) is 3.70. The quantitative estimate of drug-likeness (QED) is 0.505. The zero-order valence-electron chi connectivity index (χ0n) is 12.1. The number of rotatable bonds is 4. The first-order chi connectivity index (χ1) is 9.01. The van der Waals surface area contributed by atoms with E-state index in [1.54, 1.807) is 0 Å². The summed E-state index contributed by atoms with van der Waals surface area (Å²) in [7, 11) is -1.21. The molecule has 0 spiro atoms. The summed E-state index contributed by atoms with van der Waals surface area (Å²) >= 11 is 2.02. The van der Waals surface area contributed by atoms with Gasteiger partial charge in [-0.2, -0.15) is 0 Å². The third-order valence-corrected chi connectivity index (χ3v) is 6.34. The Kier molecular flexibility index (Phi) is 4.48. The molecular weight excluding hydrogens is 266 g/mol. The number of hydrogen-bond acceptors (Lipinski definition) is 2. The summed E-state index contributed by atoms with van der Waals surface area (Å²) in [6.07, 6.45) is 2.98. The first-order valence-corrected chi connectivity index (χ1v) is 11.8. The van der Waals surface area contributed by atoms with Crippen molar-refractivity contribution < 1.29 is 0 Å². The first kappa shape index (κ1) is 14.3. The Morgan fingerprint density at radius 2 is 1.84 bits per heavy atom. The number of benzene rings is 2. The standard InChI is InChI=1S/C16H21NSSi/c1-5-12-17-16-14-9-7-6-8-13(14)10-11-15(16)18-19(2,3)4/h6-12H,5H2,1-4H3. The van der Waals surface area contributed by atoms with E-state index in [0.29, 0.717) is 0 Å². The highest BCUT2D eigenvalue weighted by atomic mass is 32.4. The van der Waals surface area contributed by atoms with Crippen molar-refractivity contribution in [2.45, 2.75) is 37.9 Å². The fourth-order valence-corrected chi connectivity index (χ4v) is 5.49. The molecule has 0 aliphatic rings. The SMILES string of the molecule is CCC=Nc1c(S[Si](C)(C)C)ccc2ccccc12. The first-order valence-electron chi connectivity index (χ1n) is 6.74. The monoisotopic (exact) mass is 287 g/mol. The topological polar surface area (TPSA) is 12.4 Å². The predicted octanol–water partition coefficient (Wildman–Crippen LogP) is 5.88.